The highest BCUT2D eigenvalue weighted by Crippen LogP contribution is 2.27. The summed E-state index contributed by atoms with van der Waals surface area (Å²) >= 11 is 1.68. The lowest BCUT2D eigenvalue weighted by atomic mass is 10.1. The van der Waals surface area contributed by atoms with Crippen LogP contribution in [-0.4, -0.2) is 31.6 Å². The van der Waals surface area contributed by atoms with Crippen LogP contribution in [0.3, 0.4) is 0 Å². The lowest BCUT2D eigenvalue weighted by Gasteiger charge is -2.29. The third kappa shape index (κ3) is 4.08. The molecule has 0 saturated carbocycles. The number of rotatable bonds is 7. The van der Waals surface area contributed by atoms with E-state index in [9.17, 15) is 8.78 Å². The third-order valence-corrected chi connectivity index (χ3v) is 3.96. The normalized spacial score (nSPS) is 12.5. The summed E-state index contributed by atoms with van der Waals surface area (Å²) in [7, 11) is 1.74. The molecule has 0 heterocycles. The molecule has 1 rings (SSSR count). The highest BCUT2D eigenvalue weighted by Gasteiger charge is 2.20. The molecular weight excluding hydrogens is 266 g/mol. The molecule has 0 aliphatic heterocycles. The van der Waals surface area contributed by atoms with E-state index in [4.69, 9.17) is 5.73 Å². The maximum atomic E-state index is 14.1. The van der Waals surface area contributed by atoms with E-state index in [1.54, 1.807) is 23.7 Å². The van der Waals surface area contributed by atoms with Crippen LogP contribution < -0.4 is 10.6 Å². The Bertz CT molecular complexity index is 389. The van der Waals surface area contributed by atoms with E-state index < -0.39 is 11.6 Å². The minimum atomic E-state index is -0.509. The fourth-order valence-corrected chi connectivity index (χ4v) is 2.99. The summed E-state index contributed by atoms with van der Waals surface area (Å²) in [6, 6.07) is 2.89. The first-order valence-electron chi connectivity index (χ1n) is 6.44. The average Bonchev–Trinajstić information content (AvgIpc) is 2.35. The van der Waals surface area contributed by atoms with E-state index in [1.807, 2.05) is 13.2 Å². The van der Waals surface area contributed by atoms with Gasteiger partial charge < -0.3 is 10.6 Å². The monoisotopic (exact) mass is 288 g/mol. The zero-order chi connectivity index (χ0) is 14.4. The summed E-state index contributed by atoms with van der Waals surface area (Å²) in [5, 5.41) is 0. The first-order valence-corrected chi connectivity index (χ1v) is 7.84. The molecular formula is C14H22F2N2S. The van der Waals surface area contributed by atoms with Crippen LogP contribution in [0.5, 0.6) is 0 Å². The molecule has 0 aliphatic rings. The molecule has 2 nitrogen and oxygen atoms in total. The van der Waals surface area contributed by atoms with Crippen molar-refractivity contribution in [2.75, 3.05) is 30.5 Å². The summed E-state index contributed by atoms with van der Waals surface area (Å²) in [5.41, 5.74) is 6.07. The smallest absolute Gasteiger partial charge is 0.149 e. The van der Waals surface area contributed by atoms with E-state index in [2.05, 4.69) is 0 Å². The minimum Gasteiger partial charge on any atom is -0.366 e. The highest BCUT2D eigenvalue weighted by atomic mass is 32.2. The SMILES string of the molecule is CCC(CSC)N(C)c1c(F)cc(CCN)cc1F. The summed E-state index contributed by atoms with van der Waals surface area (Å²) in [5.74, 6) is -0.174. The predicted octanol–water partition coefficient (Wildman–Crippen LogP) is 3.04. The van der Waals surface area contributed by atoms with Gasteiger partial charge in [0, 0.05) is 18.8 Å². The van der Waals surface area contributed by atoms with Crippen LogP contribution >= 0.6 is 11.8 Å². The molecule has 1 unspecified atom stereocenters. The van der Waals surface area contributed by atoms with E-state index in [0.717, 1.165) is 12.2 Å². The molecule has 0 bridgehead atoms. The summed E-state index contributed by atoms with van der Waals surface area (Å²) in [6.07, 6.45) is 3.33. The maximum absolute atomic E-state index is 14.1. The second-order valence-corrected chi connectivity index (χ2v) is 5.49. The molecule has 1 aromatic rings. The number of thioether (sulfide) groups is 1. The first-order chi connectivity index (χ1) is 9.04. The highest BCUT2D eigenvalue weighted by molar-refractivity contribution is 7.98. The summed E-state index contributed by atoms with van der Waals surface area (Å²) in [4.78, 5) is 1.70. The van der Waals surface area contributed by atoms with Crippen LogP contribution in [0.4, 0.5) is 14.5 Å². The van der Waals surface area contributed by atoms with Gasteiger partial charge in [-0.1, -0.05) is 6.92 Å². The third-order valence-electron chi connectivity index (χ3n) is 3.24. The Kier molecular flexibility index (Phi) is 6.58. The zero-order valence-corrected chi connectivity index (χ0v) is 12.6. The number of anilines is 1. The Balaban J connectivity index is 3.05. The van der Waals surface area contributed by atoms with Gasteiger partial charge in [0.25, 0.3) is 0 Å². The summed E-state index contributed by atoms with van der Waals surface area (Å²) < 4.78 is 28.2. The molecule has 0 fully saturated rings. The van der Waals surface area contributed by atoms with E-state index >= 15 is 0 Å². The van der Waals surface area contributed by atoms with Crippen molar-refractivity contribution in [2.45, 2.75) is 25.8 Å². The van der Waals surface area contributed by atoms with Gasteiger partial charge >= 0.3 is 0 Å². The lowest BCUT2D eigenvalue weighted by molar-refractivity contribution is 0.556. The number of halogens is 2. The van der Waals surface area contributed by atoms with Gasteiger partial charge in [-0.05, 0) is 43.3 Å². The molecule has 0 saturated heterocycles. The molecule has 1 aromatic carbocycles. The van der Waals surface area contributed by atoms with Crippen molar-refractivity contribution in [3.63, 3.8) is 0 Å². The molecule has 108 valence electrons. The van der Waals surface area contributed by atoms with Crippen LogP contribution in [-0.2, 0) is 6.42 Å². The number of benzene rings is 1. The Morgan fingerprint density at radius 3 is 2.32 bits per heavy atom. The Morgan fingerprint density at radius 1 is 1.32 bits per heavy atom. The van der Waals surface area contributed by atoms with Crippen molar-refractivity contribution in [1.29, 1.82) is 0 Å². The lowest BCUT2D eigenvalue weighted by Crippen LogP contribution is -2.34. The molecule has 0 amide bonds. The van der Waals surface area contributed by atoms with E-state index in [-0.39, 0.29) is 11.7 Å². The Labute approximate surface area is 118 Å². The Hall–Kier alpha value is -0.810. The van der Waals surface area contributed by atoms with Crippen LogP contribution in [0.1, 0.15) is 18.9 Å². The maximum Gasteiger partial charge on any atom is 0.149 e. The van der Waals surface area contributed by atoms with Gasteiger partial charge in [-0.15, -0.1) is 0 Å². The Morgan fingerprint density at radius 2 is 1.89 bits per heavy atom. The molecule has 0 radical (unpaired) electrons. The van der Waals surface area contributed by atoms with Crippen molar-refractivity contribution in [3.8, 4) is 0 Å². The first kappa shape index (κ1) is 16.2. The quantitative estimate of drug-likeness (QED) is 0.836. The topological polar surface area (TPSA) is 29.3 Å². The molecule has 5 heteroatoms. The van der Waals surface area contributed by atoms with E-state index in [0.29, 0.717) is 18.5 Å². The zero-order valence-electron chi connectivity index (χ0n) is 11.7. The second-order valence-electron chi connectivity index (χ2n) is 4.58. The molecule has 2 N–H and O–H groups in total. The van der Waals surface area contributed by atoms with Gasteiger partial charge in [0.2, 0.25) is 0 Å². The van der Waals surface area contributed by atoms with Crippen molar-refractivity contribution in [2.24, 2.45) is 5.73 Å². The molecule has 0 aliphatic carbocycles. The molecule has 0 spiro atoms. The van der Waals surface area contributed by atoms with Gasteiger partial charge in [0.15, 0.2) is 0 Å². The van der Waals surface area contributed by atoms with Gasteiger partial charge in [-0.25, -0.2) is 8.78 Å². The van der Waals surface area contributed by atoms with Crippen molar-refractivity contribution >= 4 is 17.4 Å². The molecule has 19 heavy (non-hydrogen) atoms. The standard InChI is InChI=1S/C14H22F2N2S/c1-4-11(9-19-3)18(2)14-12(15)7-10(5-6-17)8-13(14)16/h7-8,11H,4-6,9,17H2,1-3H3. The van der Waals surface area contributed by atoms with Gasteiger partial charge in [-0.3, -0.25) is 0 Å². The van der Waals surface area contributed by atoms with E-state index in [1.165, 1.54) is 12.1 Å². The fourth-order valence-electron chi connectivity index (χ4n) is 2.14. The van der Waals surface area contributed by atoms with Crippen molar-refractivity contribution in [1.82, 2.24) is 0 Å². The number of hydrogen-bond acceptors (Lipinski definition) is 3. The largest absolute Gasteiger partial charge is 0.366 e. The summed E-state index contributed by atoms with van der Waals surface area (Å²) in [6.45, 7) is 2.41. The van der Waals surface area contributed by atoms with Gasteiger partial charge in [0.05, 0.1) is 0 Å². The van der Waals surface area contributed by atoms with Gasteiger partial charge in [-0.2, -0.15) is 11.8 Å². The second kappa shape index (κ2) is 7.70. The van der Waals surface area contributed by atoms with Crippen LogP contribution in [0.2, 0.25) is 0 Å². The number of hydrogen-bond donors (Lipinski definition) is 1. The molecule has 1 atom stereocenters. The van der Waals surface area contributed by atoms with Crippen LogP contribution in [0.15, 0.2) is 12.1 Å². The predicted molar refractivity (Wildman–Crippen MR) is 80.0 cm³/mol. The fraction of sp³-hybridized carbons (Fsp3) is 0.571. The minimum absolute atomic E-state index is 0.0571. The number of nitrogens with zero attached hydrogens (tertiary/aromatic N) is 1. The van der Waals surface area contributed by atoms with Crippen molar-refractivity contribution < 1.29 is 8.78 Å². The number of nitrogens with two attached hydrogens (primary N) is 1. The molecule has 0 aromatic heterocycles. The van der Waals surface area contributed by atoms with Crippen LogP contribution in [0.25, 0.3) is 0 Å². The van der Waals surface area contributed by atoms with Gasteiger partial charge in [0.1, 0.15) is 17.3 Å². The van der Waals surface area contributed by atoms with Crippen molar-refractivity contribution in [3.05, 3.63) is 29.3 Å². The van der Waals surface area contributed by atoms with Crippen LogP contribution in [0, 0.1) is 11.6 Å². The average molecular weight is 288 g/mol.